The molecule has 124 valence electrons. The molecule has 21 heavy (non-hydrogen) atoms. The quantitative estimate of drug-likeness (QED) is 0.601. The van der Waals surface area contributed by atoms with Crippen molar-refractivity contribution in [1.29, 1.82) is 0 Å². The molecule has 6 nitrogen and oxygen atoms in total. The standard InChI is InChI=1S/C15H30N2O4/c1-4-20-11-12-21-13(2)15(18)16-7-10-17-8-5-14(19-3)6-9-17/h13-14H,4-12H2,1-3H3,(H,16,18)/t13-/m1/s1. The molecule has 1 heterocycles. The van der Waals surface area contributed by atoms with Crippen molar-refractivity contribution >= 4 is 5.91 Å². The summed E-state index contributed by atoms with van der Waals surface area (Å²) < 4.78 is 15.9. The van der Waals surface area contributed by atoms with Crippen LogP contribution < -0.4 is 5.32 Å². The highest BCUT2D eigenvalue weighted by molar-refractivity contribution is 5.80. The Balaban J connectivity index is 2.04. The van der Waals surface area contributed by atoms with Crippen LogP contribution in [-0.4, -0.2) is 76.1 Å². The normalized spacial score (nSPS) is 18.6. The summed E-state index contributed by atoms with van der Waals surface area (Å²) in [7, 11) is 1.77. The topological polar surface area (TPSA) is 60.0 Å². The van der Waals surface area contributed by atoms with E-state index in [9.17, 15) is 4.79 Å². The van der Waals surface area contributed by atoms with Crippen molar-refractivity contribution in [3.05, 3.63) is 0 Å². The molecule has 1 atom stereocenters. The van der Waals surface area contributed by atoms with Crippen molar-refractivity contribution < 1.29 is 19.0 Å². The van der Waals surface area contributed by atoms with Gasteiger partial charge in [-0.1, -0.05) is 0 Å². The molecule has 1 saturated heterocycles. The first-order chi connectivity index (χ1) is 10.2. The summed E-state index contributed by atoms with van der Waals surface area (Å²) in [5.41, 5.74) is 0. The maximum Gasteiger partial charge on any atom is 0.248 e. The smallest absolute Gasteiger partial charge is 0.248 e. The number of amides is 1. The van der Waals surface area contributed by atoms with E-state index in [4.69, 9.17) is 14.2 Å². The van der Waals surface area contributed by atoms with Gasteiger partial charge < -0.3 is 24.4 Å². The molecule has 0 aromatic carbocycles. The molecule has 1 N–H and O–H groups in total. The van der Waals surface area contributed by atoms with Crippen LogP contribution in [0.15, 0.2) is 0 Å². The number of piperidine rings is 1. The van der Waals surface area contributed by atoms with Gasteiger partial charge in [0.15, 0.2) is 0 Å². The van der Waals surface area contributed by atoms with Gasteiger partial charge in [0, 0.05) is 39.9 Å². The third-order valence-electron chi connectivity index (χ3n) is 3.76. The Bertz CT molecular complexity index is 281. The summed E-state index contributed by atoms with van der Waals surface area (Å²) in [4.78, 5) is 14.2. The Labute approximate surface area is 128 Å². The number of carbonyl (C=O) groups is 1. The van der Waals surface area contributed by atoms with E-state index < -0.39 is 6.10 Å². The average molecular weight is 302 g/mol. The highest BCUT2D eigenvalue weighted by Crippen LogP contribution is 2.11. The van der Waals surface area contributed by atoms with E-state index in [1.54, 1.807) is 14.0 Å². The average Bonchev–Trinajstić information content (AvgIpc) is 2.52. The lowest BCUT2D eigenvalue weighted by atomic mass is 10.1. The molecule has 1 aliphatic heterocycles. The van der Waals surface area contributed by atoms with E-state index in [-0.39, 0.29) is 5.91 Å². The first-order valence-electron chi connectivity index (χ1n) is 7.89. The van der Waals surface area contributed by atoms with E-state index >= 15 is 0 Å². The molecule has 6 heteroatoms. The molecule has 0 aromatic rings. The van der Waals surface area contributed by atoms with E-state index in [0.717, 1.165) is 32.5 Å². The first kappa shape index (κ1) is 18.4. The summed E-state index contributed by atoms with van der Waals surface area (Å²) in [5, 5.41) is 2.92. The summed E-state index contributed by atoms with van der Waals surface area (Å²) in [5.74, 6) is -0.0572. The number of nitrogens with one attached hydrogen (secondary N) is 1. The minimum absolute atomic E-state index is 0.0572. The van der Waals surface area contributed by atoms with E-state index in [2.05, 4.69) is 10.2 Å². The minimum atomic E-state index is -0.426. The van der Waals surface area contributed by atoms with Crippen LogP contribution in [0.1, 0.15) is 26.7 Å². The SMILES string of the molecule is CCOCCO[C@H](C)C(=O)NCCN1CCC(OC)CC1. The molecule has 0 radical (unpaired) electrons. The molecule has 0 spiro atoms. The van der Waals surface area contributed by atoms with Gasteiger partial charge in [-0.3, -0.25) is 4.79 Å². The zero-order valence-electron chi connectivity index (χ0n) is 13.6. The number of methoxy groups -OCH3 is 1. The van der Waals surface area contributed by atoms with E-state index in [1.807, 2.05) is 6.92 Å². The lowest BCUT2D eigenvalue weighted by Crippen LogP contribution is -2.43. The Morgan fingerprint density at radius 1 is 1.33 bits per heavy atom. The van der Waals surface area contributed by atoms with E-state index in [0.29, 0.717) is 32.5 Å². The molecule has 1 fully saturated rings. The number of hydrogen-bond acceptors (Lipinski definition) is 5. The number of ether oxygens (including phenoxy) is 3. The lowest BCUT2D eigenvalue weighted by Gasteiger charge is -2.31. The van der Waals surface area contributed by atoms with Crippen LogP contribution in [0, 0.1) is 0 Å². The second-order valence-corrected chi connectivity index (χ2v) is 5.28. The zero-order valence-corrected chi connectivity index (χ0v) is 13.6. The predicted octanol–water partition coefficient (Wildman–Crippen LogP) is 0.655. The Hall–Kier alpha value is -0.690. The van der Waals surface area contributed by atoms with Gasteiger partial charge in [0.05, 0.1) is 19.3 Å². The molecule has 0 unspecified atom stereocenters. The molecular weight excluding hydrogens is 272 g/mol. The maximum atomic E-state index is 11.8. The Morgan fingerprint density at radius 2 is 2.05 bits per heavy atom. The third-order valence-corrected chi connectivity index (χ3v) is 3.76. The second kappa shape index (κ2) is 11.0. The molecule has 0 aromatic heterocycles. The van der Waals surface area contributed by atoms with Gasteiger partial charge in [-0.2, -0.15) is 0 Å². The third kappa shape index (κ3) is 7.76. The fraction of sp³-hybridized carbons (Fsp3) is 0.933. The van der Waals surface area contributed by atoms with Gasteiger partial charge in [-0.25, -0.2) is 0 Å². The van der Waals surface area contributed by atoms with Crippen LogP contribution >= 0.6 is 0 Å². The van der Waals surface area contributed by atoms with Crippen molar-refractivity contribution in [2.45, 2.75) is 38.9 Å². The van der Waals surface area contributed by atoms with Crippen LogP contribution in [0.5, 0.6) is 0 Å². The van der Waals surface area contributed by atoms with Crippen LogP contribution in [0.3, 0.4) is 0 Å². The highest BCUT2D eigenvalue weighted by Gasteiger charge is 2.18. The number of hydrogen-bond donors (Lipinski definition) is 1. The van der Waals surface area contributed by atoms with Gasteiger partial charge in [-0.05, 0) is 26.7 Å². The van der Waals surface area contributed by atoms with Crippen LogP contribution in [0.4, 0.5) is 0 Å². The van der Waals surface area contributed by atoms with Gasteiger partial charge in [0.1, 0.15) is 6.10 Å². The molecule has 1 aliphatic rings. The van der Waals surface area contributed by atoms with Crippen molar-refractivity contribution in [3.8, 4) is 0 Å². The molecule has 1 rings (SSSR count). The number of nitrogens with zero attached hydrogens (tertiary/aromatic N) is 1. The summed E-state index contributed by atoms with van der Waals surface area (Å²) >= 11 is 0. The van der Waals surface area contributed by atoms with Crippen molar-refractivity contribution in [3.63, 3.8) is 0 Å². The zero-order chi connectivity index (χ0) is 15.5. The Morgan fingerprint density at radius 3 is 2.67 bits per heavy atom. The lowest BCUT2D eigenvalue weighted by molar-refractivity contribution is -0.132. The molecule has 1 amide bonds. The fourth-order valence-electron chi connectivity index (χ4n) is 2.35. The fourth-order valence-corrected chi connectivity index (χ4v) is 2.35. The number of rotatable bonds is 10. The molecule has 0 aliphatic carbocycles. The van der Waals surface area contributed by atoms with Gasteiger partial charge in [0.2, 0.25) is 5.91 Å². The van der Waals surface area contributed by atoms with Gasteiger partial charge in [-0.15, -0.1) is 0 Å². The van der Waals surface area contributed by atoms with Gasteiger partial charge >= 0.3 is 0 Å². The van der Waals surface area contributed by atoms with Crippen molar-refractivity contribution in [2.75, 3.05) is 53.1 Å². The first-order valence-corrected chi connectivity index (χ1v) is 7.89. The molecule has 0 bridgehead atoms. The summed E-state index contributed by atoms with van der Waals surface area (Å²) in [6.07, 6.45) is 2.11. The molecular formula is C15H30N2O4. The molecule has 0 saturated carbocycles. The summed E-state index contributed by atoms with van der Waals surface area (Å²) in [6.45, 7) is 8.98. The highest BCUT2D eigenvalue weighted by atomic mass is 16.5. The number of likely N-dealkylation sites (tertiary alicyclic amines) is 1. The van der Waals surface area contributed by atoms with Crippen LogP contribution in [-0.2, 0) is 19.0 Å². The number of carbonyl (C=O) groups excluding carboxylic acids is 1. The second-order valence-electron chi connectivity index (χ2n) is 5.28. The van der Waals surface area contributed by atoms with Crippen molar-refractivity contribution in [1.82, 2.24) is 10.2 Å². The maximum absolute atomic E-state index is 11.8. The van der Waals surface area contributed by atoms with Crippen molar-refractivity contribution in [2.24, 2.45) is 0 Å². The monoisotopic (exact) mass is 302 g/mol. The minimum Gasteiger partial charge on any atom is -0.381 e. The van der Waals surface area contributed by atoms with Crippen LogP contribution in [0.2, 0.25) is 0 Å². The van der Waals surface area contributed by atoms with Gasteiger partial charge in [0.25, 0.3) is 0 Å². The largest absolute Gasteiger partial charge is 0.381 e. The Kier molecular flexibility index (Phi) is 9.58. The predicted molar refractivity (Wildman–Crippen MR) is 81.4 cm³/mol. The summed E-state index contributed by atoms with van der Waals surface area (Å²) in [6, 6.07) is 0. The van der Waals surface area contributed by atoms with E-state index in [1.165, 1.54) is 0 Å². The van der Waals surface area contributed by atoms with Crippen LogP contribution in [0.25, 0.3) is 0 Å².